The number of ether oxygens (including phenoxy) is 2. The molecule has 7 nitrogen and oxygen atoms in total. The van der Waals surface area contributed by atoms with Crippen LogP contribution in [0.25, 0.3) is 0 Å². The Hall–Kier alpha value is -3.09. The van der Waals surface area contributed by atoms with E-state index in [0.29, 0.717) is 23.5 Å². The topological polar surface area (TPSA) is 89.5 Å². The predicted octanol–water partition coefficient (Wildman–Crippen LogP) is 3.61. The van der Waals surface area contributed by atoms with Crippen molar-refractivity contribution >= 4 is 12.0 Å². The van der Waals surface area contributed by atoms with Crippen LogP contribution >= 0.6 is 0 Å². The van der Waals surface area contributed by atoms with Gasteiger partial charge in [0.05, 0.1) is 30.0 Å². The van der Waals surface area contributed by atoms with E-state index in [0.717, 1.165) is 5.75 Å². The second kappa shape index (κ2) is 9.91. The summed E-state index contributed by atoms with van der Waals surface area (Å²) in [5.41, 5.74) is 1.16. The monoisotopic (exact) mass is 399 g/mol. The third kappa shape index (κ3) is 7.81. The Kier molecular flexibility index (Phi) is 7.59. The third-order valence-corrected chi connectivity index (χ3v) is 3.83. The fourth-order valence-electron chi connectivity index (χ4n) is 2.53. The van der Waals surface area contributed by atoms with E-state index in [2.05, 4.69) is 15.6 Å². The van der Waals surface area contributed by atoms with Gasteiger partial charge in [0.2, 0.25) is 0 Å². The van der Waals surface area contributed by atoms with Crippen LogP contribution in [0, 0.1) is 6.92 Å². The quantitative estimate of drug-likeness (QED) is 0.742. The molecular formula is C22H29N3O4. The number of benzene rings is 1. The molecule has 0 unspecified atom stereocenters. The van der Waals surface area contributed by atoms with Gasteiger partial charge >= 0.3 is 6.09 Å². The third-order valence-electron chi connectivity index (χ3n) is 3.83. The van der Waals surface area contributed by atoms with Gasteiger partial charge in [-0.3, -0.25) is 9.78 Å². The zero-order valence-corrected chi connectivity index (χ0v) is 17.6. The summed E-state index contributed by atoms with van der Waals surface area (Å²) in [4.78, 5) is 28.6. The molecule has 0 bridgehead atoms. The van der Waals surface area contributed by atoms with Gasteiger partial charge in [-0.2, -0.15) is 0 Å². The van der Waals surface area contributed by atoms with Gasteiger partial charge in [-0.05, 0) is 58.9 Å². The Morgan fingerprint density at radius 3 is 2.38 bits per heavy atom. The van der Waals surface area contributed by atoms with E-state index in [9.17, 15) is 9.59 Å². The molecule has 0 saturated carbocycles. The molecule has 0 saturated heterocycles. The number of rotatable bonds is 7. The maximum Gasteiger partial charge on any atom is 0.407 e. The number of nitrogens with zero attached hydrogens (tertiary/aromatic N) is 1. The summed E-state index contributed by atoms with van der Waals surface area (Å²) in [6.07, 6.45) is -0.682. The minimum Gasteiger partial charge on any atom is -0.489 e. The Balaban J connectivity index is 1.85. The van der Waals surface area contributed by atoms with Crippen molar-refractivity contribution in [1.29, 1.82) is 0 Å². The van der Waals surface area contributed by atoms with Crippen LogP contribution in [-0.2, 0) is 11.3 Å². The fraction of sp³-hybridized carbons (Fsp3) is 0.409. The van der Waals surface area contributed by atoms with E-state index in [1.54, 1.807) is 39.8 Å². The van der Waals surface area contributed by atoms with Crippen molar-refractivity contribution in [3.05, 3.63) is 59.4 Å². The number of aryl methyl sites for hydroxylation is 1. The van der Waals surface area contributed by atoms with Gasteiger partial charge < -0.3 is 20.1 Å². The zero-order valence-electron chi connectivity index (χ0n) is 17.6. The van der Waals surface area contributed by atoms with Crippen LogP contribution < -0.4 is 15.4 Å². The molecule has 1 atom stereocenters. The molecule has 0 spiro atoms. The first kappa shape index (κ1) is 22.2. The summed E-state index contributed by atoms with van der Waals surface area (Å²) in [5.74, 6) is 0.541. The van der Waals surface area contributed by atoms with Crippen LogP contribution in [0.5, 0.6) is 5.75 Å². The lowest BCUT2D eigenvalue weighted by molar-refractivity contribution is 0.0522. The molecule has 0 fully saturated rings. The van der Waals surface area contributed by atoms with E-state index < -0.39 is 11.7 Å². The number of aromatic nitrogens is 1. The van der Waals surface area contributed by atoms with E-state index in [1.807, 2.05) is 37.3 Å². The first-order chi connectivity index (χ1) is 13.6. The van der Waals surface area contributed by atoms with Gasteiger partial charge in [0, 0.05) is 0 Å². The lowest BCUT2D eigenvalue weighted by atomic mass is 10.1. The second-order valence-electron chi connectivity index (χ2n) is 7.74. The predicted molar refractivity (Wildman–Crippen MR) is 111 cm³/mol. The Labute approximate surface area is 171 Å². The van der Waals surface area contributed by atoms with Gasteiger partial charge in [-0.25, -0.2) is 4.79 Å². The highest BCUT2D eigenvalue weighted by atomic mass is 16.6. The molecule has 0 radical (unpaired) electrons. The smallest absolute Gasteiger partial charge is 0.407 e. The van der Waals surface area contributed by atoms with Crippen molar-refractivity contribution in [2.45, 2.75) is 52.9 Å². The normalized spacial score (nSPS) is 12.0. The zero-order chi connectivity index (χ0) is 21.4. The molecule has 0 aliphatic rings. The highest BCUT2D eigenvalue weighted by Gasteiger charge is 2.16. The molecule has 1 heterocycles. The Morgan fingerprint density at radius 1 is 1.07 bits per heavy atom. The van der Waals surface area contributed by atoms with Crippen LogP contribution in [-0.4, -0.2) is 35.2 Å². The molecule has 0 aliphatic carbocycles. The lowest BCUT2D eigenvalue weighted by Crippen LogP contribution is -2.34. The van der Waals surface area contributed by atoms with E-state index >= 15 is 0 Å². The molecule has 1 aromatic heterocycles. The van der Waals surface area contributed by atoms with E-state index in [-0.39, 0.29) is 18.6 Å². The largest absolute Gasteiger partial charge is 0.489 e. The summed E-state index contributed by atoms with van der Waals surface area (Å²) >= 11 is 0. The maximum absolute atomic E-state index is 12.5. The Bertz CT molecular complexity index is 832. The summed E-state index contributed by atoms with van der Waals surface area (Å²) in [5, 5.41) is 5.52. The van der Waals surface area contributed by atoms with Gasteiger partial charge in [0.25, 0.3) is 5.91 Å². The standard InChI is InChI=1S/C22H29N3O4/c1-15(28-18-9-7-6-8-10-18)13-23-20(26)19-12-11-17(25-16(19)2)14-24-21(27)29-22(3,4)5/h6-12,15H,13-14H2,1-5H3,(H,23,26)(H,24,27)/t15-/m0/s1. The minimum atomic E-state index is -0.559. The summed E-state index contributed by atoms with van der Waals surface area (Å²) in [6, 6.07) is 12.9. The number of alkyl carbamates (subject to hydrolysis) is 1. The molecule has 2 rings (SSSR count). The number of carbonyl (C=O) groups excluding carboxylic acids is 2. The number of amides is 2. The number of carbonyl (C=O) groups is 2. The van der Waals surface area contributed by atoms with Crippen LogP contribution in [0.3, 0.4) is 0 Å². The van der Waals surface area contributed by atoms with E-state index in [4.69, 9.17) is 9.47 Å². The summed E-state index contributed by atoms with van der Waals surface area (Å²) in [6.45, 7) is 9.64. The molecule has 7 heteroatoms. The van der Waals surface area contributed by atoms with Crippen LogP contribution in [0.4, 0.5) is 4.79 Å². The van der Waals surface area contributed by atoms with Gasteiger partial charge in [0.15, 0.2) is 0 Å². The SMILES string of the molecule is Cc1nc(CNC(=O)OC(C)(C)C)ccc1C(=O)NC[C@H](C)Oc1ccccc1. The van der Waals surface area contributed by atoms with Crippen molar-refractivity contribution in [1.82, 2.24) is 15.6 Å². The van der Waals surface area contributed by atoms with Crippen molar-refractivity contribution in [2.75, 3.05) is 6.54 Å². The fourth-order valence-corrected chi connectivity index (χ4v) is 2.53. The maximum atomic E-state index is 12.5. The van der Waals surface area contributed by atoms with Gasteiger partial charge in [0.1, 0.15) is 17.5 Å². The summed E-state index contributed by atoms with van der Waals surface area (Å²) in [7, 11) is 0. The molecule has 156 valence electrons. The molecule has 2 amide bonds. The Morgan fingerprint density at radius 2 is 1.76 bits per heavy atom. The number of para-hydroxylation sites is 1. The number of hydrogen-bond donors (Lipinski definition) is 2. The van der Waals surface area contributed by atoms with Crippen LogP contribution in [0.2, 0.25) is 0 Å². The van der Waals surface area contributed by atoms with Crippen molar-refractivity contribution in [2.24, 2.45) is 0 Å². The second-order valence-corrected chi connectivity index (χ2v) is 7.74. The van der Waals surface area contributed by atoms with E-state index in [1.165, 1.54) is 0 Å². The van der Waals surface area contributed by atoms with Gasteiger partial charge in [-0.15, -0.1) is 0 Å². The minimum absolute atomic E-state index is 0.174. The average molecular weight is 399 g/mol. The van der Waals surface area contributed by atoms with Gasteiger partial charge in [-0.1, -0.05) is 18.2 Å². The lowest BCUT2D eigenvalue weighted by Gasteiger charge is -2.19. The molecular weight excluding hydrogens is 370 g/mol. The average Bonchev–Trinajstić information content (AvgIpc) is 2.64. The van der Waals surface area contributed by atoms with Crippen molar-refractivity contribution < 1.29 is 19.1 Å². The number of hydrogen-bond acceptors (Lipinski definition) is 5. The first-order valence-corrected chi connectivity index (χ1v) is 9.57. The number of pyridine rings is 1. The first-order valence-electron chi connectivity index (χ1n) is 9.57. The highest BCUT2D eigenvalue weighted by Crippen LogP contribution is 2.11. The molecule has 1 aromatic carbocycles. The van der Waals surface area contributed by atoms with Crippen LogP contribution in [0.15, 0.2) is 42.5 Å². The summed E-state index contributed by atoms with van der Waals surface area (Å²) < 4.78 is 11.0. The highest BCUT2D eigenvalue weighted by molar-refractivity contribution is 5.95. The van der Waals surface area contributed by atoms with Crippen molar-refractivity contribution in [3.8, 4) is 5.75 Å². The van der Waals surface area contributed by atoms with Crippen LogP contribution in [0.1, 0.15) is 49.4 Å². The molecule has 0 aliphatic heterocycles. The molecule has 2 aromatic rings. The van der Waals surface area contributed by atoms with Crippen molar-refractivity contribution in [3.63, 3.8) is 0 Å². The molecule has 2 N–H and O–H groups in total. The molecule has 29 heavy (non-hydrogen) atoms. The number of nitrogens with one attached hydrogen (secondary N) is 2.